The highest BCUT2D eigenvalue weighted by Gasteiger charge is 2.28. The monoisotopic (exact) mass is 276 g/mol. The minimum Gasteiger partial charge on any atom is -0.492 e. The molecule has 1 saturated heterocycles. The Kier molecular flexibility index (Phi) is 5.44. The lowest BCUT2D eigenvalue weighted by atomic mass is 9.90. The predicted molar refractivity (Wildman–Crippen MR) is 84.3 cm³/mol. The van der Waals surface area contributed by atoms with Crippen molar-refractivity contribution in [3.8, 4) is 5.75 Å². The van der Waals surface area contributed by atoms with Gasteiger partial charge in [0.05, 0.1) is 0 Å². The molecule has 1 heterocycles. The molecule has 3 nitrogen and oxygen atoms in total. The first-order valence-electron chi connectivity index (χ1n) is 7.69. The fourth-order valence-corrected chi connectivity index (χ4v) is 2.94. The van der Waals surface area contributed by atoms with E-state index in [4.69, 9.17) is 4.74 Å². The molecule has 3 unspecified atom stereocenters. The third kappa shape index (κ3) is 4.22. The fourth-order valence-electron chi connectivity index (χ4n) is 2.94. The maximum atomic E-state index is 5.79. The second kappa shape index (κ2) is 7.09. The number of nitrogens with zero attached hydrogens (tertiary/aromatic N) is 1. The smallest absolute Gasteiger partial charge is 0.119 e. The molecule has 0 bridgehead atoms. The quantitative estimate of drug-likeness (QED) is 0.837. The molecule has 1 aliphatic rings. The summed E-state index contributed by atoms with van der Waals surface area (Å²) >= 11 is 0. The minimum atomic E-state index is 0.613. The average Bonchev–Trinajstić information content (AvgIpc) is 2.40. The number of benzene rings is 1. The van der Waals surface area contributed by atoms with Crippen molar-refractivity contribution in [3.63, 3.8) is 0 Å². The van der Waals surface area contributed by atoms with E-state index in [9.17, 15) is 0 Å². The second-order valence-corrected chi connectivity index (χ2v) is 6.23. The SMILES string of the molecule is Cc1cccc(OCCNC2CC(C)N(C)CC2C)c1. The molecule has 0 radical (unpaired) electrons. The largest absolute Gasteiger partial charge is 0.492 e. The summed E-state index contributed by atoms with van der Waals surface area (Å²) in [6.07, 6.45) is 1.22. The lowest BCUT2D eigenvalue weighted by Gasteiger charge is -2.40. The summed E-state index contributed by atoms with van der Waals surface area (Å²) in [6, 6.07) is 9.52. The number of ether oxygens (including phenoxy) is 1. The molecule has 1 N–H and O–H groups in total. The molecular formula is C17H28N2O. The summed E-state index contributed by atoms with van der Waals surface area (Å²) < 4.78 is 5.79. The molecule has 0 aromatic heterocycles. The van der Waals surface area contributed by atoms with Gasteiger partial charge in [-0.15, -0.1) is 0 Å². The first-order valence-corrected chi connectivity index (χ1v) is 7.69. The fraction of sp³-hybridized carbons (Fsp3) is 0.647. The maximum absolute atomic E-state index is 5.79. The van der Waals surface area contributed by atoms with E-state index in [0.717, 1.165) is 18.9 Å². The van der Waals surface area contributed by atoms with Gasteiger partial charge < -0.3 is 15.0 Å². The van der Waals surface area contributed by atoms with Gasteiger partial charge in [0.15, 0.2) is 0 Å². The number of piperidine rings is 1. The molecule has 1 aromatic rings. The van der Waals surface area contributed by atoms with Gasteiger partial charge in [-0.25, -0.2) is 0 Å². The summed E-state index contributed by atoms with van der Waals surface area (Å²) in [5.41, 5.74) is 1.24. The Labute approximate surface area is 123 Å². The number of nitrogens with one attached hydrogen (secondary N) is 1. The van der Waals surface area contributed by atoms with Crippen LogP contribution >= 0.6 is 0 Å². The summed E-state index contributed by atoms with van der Waals surface area (Å²) in [5, 5.41) is 3.66. The topological polar surface area (TPSA) is 24.5 Å². The van der Waals surface area contributed by atoms with E-state index in [1.54, 1.807) is 0 Å². The van der Waals surface area contributed by atoms with Crippen LogP contribution in [0.2, 0.25) is 0 Å². The van der Waals surface area contributed by atoms with Crippen LogP contribution < -0.4 is 10.1 Å². The van der Waals surface area contributed by atoms with Crippen LogP contribution in [0, 0.1) is 12.8 Å². The molecule has 112 valence electrons. The van der Waals surface area contributed by atoms with Crippen molar-refractivity contribution in [1.82, 2.24) is 10.2 Å². The van der Waals surface area contributed by atoms with Crippen molar-refractivity contribution >= 4 is 0 Å². The molecule has 1 aromatic carbocycles. The van der Waals surface area contributed by atoms with E-state index >= 15 is 0 Å². The highest BCUT2D eigenvalue weighted by Crippen LogP contribution is 2.20. The van der Waals surface area contributed by atoms with E-state index in [1.165, 1.54) is 18.5 Å². The van der Waals surface area contributed by atoms with E-state index in [0.29, 0.717) is 18.0 Å². The van der Waals surface area contributed by atoms with Crippen LogP contribution in [0.4, 0.5) is 0 Å². The van der Waals surface area contributed by atoms with Crippen LogP contribution in [-0.4, -0.2) is 43.7 Å². The molecule has 2 rings (SSSR count). The molecule has 3 heteroatoms. The number of aryl methyl sites for hydroxylation is 1. The number of likely N-dealkylation sites (tertiary alicyclic amines) is 1. The summed E-state index contributed by atoms with van der Waals surface area (Å²) in [6.45, 7) is 9.56. The van der Waals surface area contributed by atoms with Crippen LogP contribution in [-0.2, 0) is 0 Å². The first-order chi connectivity index (χ1) is 9.56. The zero-order valence-corrected chi connectivity index (χ0v) is 13.2. The van der Waals surface area contributed by atoms with Crippen LogP contribution in [0.15, 0.2) is 24.3 Å². The molecule has 0 amide bonds. The van der Waals surface area contributed by atoms with Gasteiger partial charge in [-0.05, 0) is 50.9 Å². The van der Waals surface area contributed by atoms with Gasteiger partial charge in [0.25, 0.3) is 0 Å². The van der Waals surface area contributed by atoms with Crippen molar-refractivity contribution in [2.75, 3.05) is 26.7 Å². The first kappa shape index (κ1) is 15.3. The third-order valence-corrected chi connectivity index (χ3v) is 4.38. The number of rotatable bonds is 5. The average molecular weight is 276 g/mol. The van der Waals surface area contributed by atoms with E-state index < -0.39 is 0 Å². The Balaban J connectivity index is 1.70. The predicted octanol–water partition coefficient (Wildman–Crippen LogP) is 2.69. The lowest BCUT2D eigenvalue weighted by molar-refractivity contribution is 0.119. The van der Waals surface area contributed by atoms with Crippen LogP contribution in [0.25, 0.3) is 0 Å². The van der Waals surface area contributed by atoms with Gasteiger partial charge in [0.2, 0.25) is 0 Å². The van der Waals surface area contributed by atoms with Gasteiger partial charge in [-0.3, -0.25) is 0 Å². The third-order valence-electron chi connectivity index (χ3n) is 4.38. The molecular weight excluding hydrogens is 248 g/mol. The number of hydrogen-bond acceptors (Lipinski definition) is 3. The van der Waals surface area contributed by atoms with Gasteiger partial charge in [0, 0.05) is 25.2 Å². The highest BCUT2D eigenvalue weighted by molar-refractivity contribution is 5.27. The normalized spacial score (nSPS) is 27.5. The Morgan fingerprint density at radius 3 is 2.90 bits per heavy atom. The summed E-state index contributed by atoms with van der Waals surface area (Å²) in [5.74, 6) is 1.67. The summed E-state index contributed by atoms with van der Waals surface area (Å²) in [7, 11) is 2.22. The zero-order valence-electron chi connectivity index (χ0n) is 13.2. The van der Waals surface area contributed by atoms with Crippen LogP contribution in [0.3, 0.4) is 0 Å². The molecule has 0 saturated carbocycles. The van der Waals surface area contributed by atoms with Crippen molar-refractivity contribution in [3.05, 3.63) is 29.8 Å². The second-order valence-electron chi connectivity index (χ2n) is 6.23. The standard InChI is InChI=1S/C17H28N2O/c1-13-6-5-7-16(10-13)20-9-8-18-17-11-15(3)19(4)12-14(17)2/h5-7,10,14-15,17-18H,8-9,11-12H2,1-4H3. The van der Waals surface area contributed by atoms with Gasteiger partial charge in [-0.2, -0.15) is 0 Å². The summed E-state index contributed by atoms with van der Waals surface area (Å²) in [4.78, 5) is 2.45. The van der Waals surface area contributed by atoms with E-state index in [-0.39, 0.29) is 0 Å². The van der Waals surface area contributed by atoms with Crippen molar-refractivity contribution in [2.24, 2.45) is 5.92 Å². The molecule has 0 aliphatic carbocycles. The Morgan fingerprint density at radius 1 is 1.35 bits per heavy atom. The van der Waals surface area contributed by atoms with Crippen molar-refractivity contribution in [2.45, 2.75) is 39.3 Å². The zero-order chi connectivity index (χ0) is 14.5. The molecule has 1 fully saturated rings. The highest BCUT2D eigenvalue weighted by atomic mass is 16.5. The Hall–Kier alpha value is -1.06. The molecule has 3 atom stereocenters. The maximum Gasteiger partial charge on any atom is 0.119 e. The molecule has 0 spiro atoms. The lowest BCUT2D eigenvalue weighted by Crippen LogP contribution is -2.51. The van der Waals surface area contributed by atoms with E-state index in [2.05, 4.69) is 50.2 Å². The Bertz CT molecular complexity index is 421. The Morgan fingerprint density at radius 2 is 2.15 bits per heavy atom. The van der Waals surface area contributed by atoms with Gasteiger partial charge in [-0.1, -0.05) is 19.1 Å². The van der Waals surface area contributed by atoms with Crippen LogP contribution in [0.5, 0.6) is 5.75 Å². The number of hydrogen-bond donors (Lipinski definition) is 1. The van der Waals surface area contributed by atoms with Crippen molar-refractivity contribution in [1.29, 1.82) is 0 Å². The van der Waals surface area contributed by atoms with Gasteiger partial charge in [0.1, 0.15) is 12.4 Å². The minimum absolute atomic E-state index is 0.613. The van der Waals surface area contributed by atoms with Crippen LogP contribution in [0.1, 0.15) is 25.8 Å². The van der Waals surface area contributed by atoms with E-state index in [1.807, 2.05) is 12.1 Å². The molecule has 1 aliphatic heterocycles. The van der Waals surface area contributed by atoms with Gasteiger partial charge >= 0.3 is 0 Å². The van der Waals surface area contributed by atoms with Crippen molar-refractivity contribution < 1.29 is 4.74 Å². The molecule has 20 heavy (non-hydrogen) atoms.